The normalized spacial score (nSPS) is 24.1. The van der Waals surface area contributed by atoms with Crippen LogP contribution >= 0.6 is 11.8 Å². The van der Waals surface area contributed by atoms with Crippen LogP contribution in [0.15, 0.2) is 4.99 Å². The summed E-state index contributed by atoms with van der Waals surface area (Å²) in [5.74, 6) is 1.36. The molecule has 1 aliphatic heterocycles. The molecule has 0 bridgehead atoms. The highest BCUT2D eigenvalue weighted by Gasteiger charge is 2.14. The number of hydrogen-bond acceptors (Lipinski definition) is 3. The number of thioether (sulfide) groups is 1. The van der Waals surface area contributed by atoms with Gasteiger partial charge in [-0.15, -0.1) is 0 Å². The number of carbonyl (C=O) groups excluding carboxylic acids is 1. The average molecular weight is 144 g/mol. The molecule has 0 spiro atoms. The smallest absolute Gasteiger partial charge is 0.254 e. The summed E-state index contributed by atoms with van der Waals surface area (Å²) in [6, 6.07) is 0. The van der Waals surface area contributed by atoms with Crippen molar-refractivity contribution in [3.8, 4) is 0 Å². The fourth-order valence-electron chi connectivity index (χ4n) is 0.624. The van der Waals surface area contributed by atoms with Crippen molar-refractivity contribution in [2.24, 2.45) is 4.99 Å². The van der Waals surface area contributed by atoms with Crippen LogP contribution in [0.1, 0.15) is 0 Å². The van der Waals surface area contributed by atoms with Crippen molar-refractivity contribution in [3.05, 3.63) is 0 Å². The van der Waals surface area contributed by atoms with Gasteiger partial charge in [0.1, 0.15) is 0 Å². The van der Waals surface area contributed by atoms with Gasteiger partial charge in [-0.3, -0.25) is 9.79 Å². The van der Waals surface area contributed by atoms with Crippen LogP contribution < -0.4 is 5.32 Å². The third kappa shape index (κ3) is 1.45. The lowest BCUT2D eigenvalue weighted by Gasteiger charge is -2.11. The largest absolute Gasteiger partial charge is 0.366 e. The number of amidine groups is 1. The van der Waals surface area contributed by atoms with Gasteiger partial charge in [-0.25, -0.2) is 0 Å². The van der Waals surface area contributed by atoms with Crippen LogP contribution in [0.2, 0.25) is 0 Å². The second kappa shape index (κ2) is 2.87. The van der Waals surface area contributed by atoms with Crippen molar-refractivity contribution in [2.75, 3.05) is 19.3 Å². The van der Waals surface area contributed by atoms with Crippen LogP contribution in [0.25, 0.3) is 0 Å². The third-order valence-electron chi connectivity index (χ3n) is 1.04. The summed E-state index contributed by atoms with van der Waals surface area (Å²) in [5.41, 5.74) is 0. The Morgan fingerprint density at radius 1 is 1.78 bits per heavy atom. The molecular weight excluding hydrogens is 136 g/mol. The SMILES string of the molecule is CN=C1NCCSC1=O. The zero-order valence-corrected chi connectivity index (χ0v) is 5.99. The van der Waals surface area contributed by atoms with E-state index < -0.39 is 0 Å². The number of nitrogens with one attached hydrogen (secondary N) is 1. The van der Waals surface area contributed by atoms with Gasteiger partial charge in [-0.05, 0) is 0 Å². The fraction of sp³-hybridized carbons (Fsp3) is 0.600. The molecular formula is C5H8N2OS. The molecule has 0 aromatic carbocycles. The Morgan fingerprint density at radius 2 is 2.56 bits per heavy atom. The molecule has 0 atom stereocenters. The third-order valence-corrected chi connectivity index (χ3v) is 1.91. The van der Waals surface area contributed by atoms with Gasteiger partial charge in [-0.1, -0.05) is 11.8 Å². The van der Waals surface area contributed by atoms with Crippen LogP contribution in [0, 0.1) is 0 Å². The summed E-state index contributed by atoms with van der Waals surface area (Å²) >= 11 is 1.32. The second-order valence-electron chi connectivity index (χ2n) is 1.63. The summed E-state index contributed by atoms with van der Waals surface area (Å²) in [4.78, 5) is 14.6. The fourth-order valence-corrected chi connectivity index (χ4v) is 1.31. The Hall–Kier alpha value is -0.510. The lowest BCUT2D eigenvalue weighted by atomic mass is 10.6. The lowest BCUT2D eigenvalue weighted by molar-refractivity contribution is -0.105. The first kappa shape index (κ1) is 6.61. The molecule has 0 amide bonds. The van der Waals surface area contributed by atoms with Crippen LogP contribution in [-0.2, 0) is 4.79 Å². The van der Waals surface area contributed by atoms with E-state index >= 15 is 0 Å². The van der Waals surface area contributed by atoms with Gasteiger partial charge < -0.3 is 5.32 Å². The van der Waals surface area contributed by atoms with E-state index in [2.05, 4.69) is 10.3 Å². The van der Waals surface area contributed by atoms with Gasteiger partial charge in [0.15, 0.2) is 5.84 Å². The number of nitrogens with zero attached hydrogens (tertiary/aromatic N) is 1. The average Bonchev–Trinajstić information content (AvgIpc) is 1.89. The highest BCUT2D eigenvalue weighted by Crippen LogP contribution is 2.05. The van der Waals surface area contributed by atoms with Crippen molar-refractivity contribution >= 4 is 22.7 Å². The van der Waals surface area contributed by atoms with E-state index in [1.807, 2.05) is 0 Å². The van der Waals surface area contributed by atoms with Crippen molar-refractivity contribution in [1.82, 2.24) is 5.32 Å². The number of hydrogen-bond donors (Lipinski definition) is 1. The van der Waals surface area contributed by atoms with Crippen LogP contribution in [0.4, 0.5) is 0 Å². The van der Waals surface area contributed by atoms with Gasteiger partial charge in [0.2, 0.25) is 0 Å². The molecule has 4 heteroatoms. The molecule has 1 heterocycles. The van der Waals surface area contributed by atoms with Crippen molar-refractivity contribution in [2.45, 2.75) is 0 Å². The number of aliphatic imine (C=N–C) groups is 1. The maximum atomic E-state index is 10.8. The molecule has 1 fully saturated rings. The molecule has 1 saturated heterocycles. The summed E-state index contributed by atoms with van der Waals surface area (Å²) < 4.78 is 0. The van der Waals surface area contributed by atoms with Crippen molar-refractivity contribution in [3.63, 3.8) is 0 Å². The van der Waals surface area contributed by atoms with E-state index in [-0.39, 0.29) is 5.12 Å². The minimum atomic E-state index is 0.0590. The van der Waals surface area contributed by atoms with Crippen LogP contribution in [0.5, 0.6) is 0 Å². The standard InChI is InChI=1S/C5H8N2OS/c1-6-4-5(8)9-3-2-7-4/h2-3H2,1H3,(H,6,7). The van der Waals surface area contributed by atoms with Crippen molar-refractivity contribution in [1.29, 1.82) is 0 Å². The summed E-state index contributed by atoms with van der Waals surface area (Å²) in [6.45, 7) is 0.850. The first-order valence-electron chi connectivity index (χ1n) is 2.72. The summed E-state index contributed by atoms with van der Waals surface area (Å²) in [6.07, 6.45) is 0. The molecule has 0 aromatic rings. The molecule has 1 N–H and O–H groups in total. The van der Waals surface area contributed by atoms with Crippen LogP contribution in [0.3, 0.4) is 0 Å². The Labute approximate surface area is 57.9 Å². The van der Waals surface area contributed by atoms with Crippen molar-refractivity contribution < 1.29 is 4.79 Å². The molecule has 9 heavy (non-hydrogen) atoms. The summed E-state index contributed by atoms with van der Waals surface area (Å²) in [7, 11) is 1.62. The quantitative estimate of drug-likeness (QED) is 0.515. The zero-order valence-electron chi connectivity index (χ0n) is 5.18. The Kier molecular flexibility index (Phi) is 2.10. The minimum absolute atomic E-state index is 0.0590. The van der Waals surface area contributed by atoms with Gasteiger partial charge in [-0.2, -0.15) is 0 Å². The van der Waals surface area contributed by atoms with E-state index in [1.54, 1.807) is 7.05 Å². The Bertz CT molecular complexity index is 155. The zero-order chi connectivity index (χ0) is 6.69. The topological polar surface area (TPSA) is 41.5 Å². The van der Waals surface area contributed by atoms with E-state index in [0.29, 0.717) is 5.84 Å². The highest BCUT2D eigenvalue weighted by atomic mass is 32.2. The molecule has 50 valence electrons. The van der Waals surface area contributed by atoms with E-state index in [4.69, 9.17) is 0 Å². The Morgan fingerprint density at radius 3 is 3.00 bits per heavy atom. The van der Waals surface area contributed by atoms with E-state index in [1.165, 1.54) is 11.8 Å². The molecule has 0 aliphatic carbocycles. The van der Waals surface area contributed by atoms with E-state index in [9.17, 15) is 4.79 Å². The van der Waals surface area contributed by atoms with E-state index in [0.717, 1.165) is 12.3 Å². The lowest BCUT2D eigenvalue weighted by Crippen LogP contribution is -2.36. The van der Waals surface area contributed by atoms with Gasteiger partial charge in [0.25, 0.3) is 5.12 Å². The molecule has 0 unspecified atom stereocenters. The van der Waals surface area contributed by atoms with Gasteiger partial charge in [0, 0.05) is 19.3 Å². The molecule has 0 saturated carbocycles. The molecule has 1 aliphatic rings. The molecule has 0 radical (unpaired) electrons. The Balaban J connectivity index is 2.60. The molecule has 1 rings (SSSR count). The maximum absolute atomic E-state index is 10.8. The molecule has 0 aromatic heterocycles. The number of rotatable bonds is 0. The summed E-state index contributed by atoms with van der Waals surface area (Å²) in [5, 5.41) is 2.96. The molecule has 3 nitrogen and oxygen atoms in total. The second-order valence-corrected chi connectivity index (χ2v) is 2.70. The van der Waals surface area contributed by atoms with Crippen LogP contribution in [-0.4, -0.2) is 30.3 Å². The highest BCUT2D eigenvalue weighted by molar-refractivity contribution is 8.15. The predicted octanol–water partition coefficient (Wildman–Crippen LogP) is -0.122. The monoisotopic (exact) mass is 144 g/mol. The minimum Gasteiger partial charge on any atom is -0.366 e. The van der Waals surface area contributed by atoms with Gasteiger partial charge >= 0.3 is 0 Å². The first-order chi connectivity index (χ1) is 4.34. The first-order valence-corrected chi connectivity index (χ1v) is 3.71. The number of carbonyl (C=O) groups is 1. The maximum Gasteiger partial charge on any atom is 0.254 e. The van der Waals surface area contributed by atoms with Gasteiger partial charge in [0.05, 0.1) is 0 Å². The predicted molar refractivity (Wildman–Crippen MR) is 38.8 cm³/mol.